The minimum absolute atomic E-state index is 0.0335. The van der Waals surface area contributed by atoms with E-state index in [2.05, 4.69) is 14.9 Å². The van der Waals surface area contributed by atoms with Gasteiger partial charge in [-0.3, -0.25) is 0 Å². The summed E-state index contributed by atoms with van der Waals surface area (Å²) in [5, 5.41) is 25.2. The van der Waals surface area contributed by atoms with Gasteiger partial charge in [0.05, 0.1) is 13.2 Å². The van der Waals surface area contributed by atoms with Gasteiger partial charge >= 0.3 is 17.9 Å². The SMILES string of the molecule is CCCc1nc(C(C)(C)O)c(C(=O)OCc2oc(=O)oc2C)n1Cc1ccc(-c2ccccc2/C(N)=N/N(N)COC(=O)OCCCCO[N+](=O)[O-])cc1. The number of imidazole rings is 1. The summed E-state index contributed by atoms with van der Waals surface area (Å²) in [5.74, 6) is 5.09. The number of aryl methyl sites for hydroxylation is 2. The molecule has 54 heavy (non-hydrogen) atoms. The van der Waals surface area contributed by atoms with E-state index in [0.29, 0.717) is 30.7 Å². The molecule has 4 aromatic rings. The second kappa shape index (κ2) is 18.5. The number of aromatic nitrogens is 2. The van der Waals surface area contributed by atoms with Gasteiger partial charge in [0.15, 0.2) is 36.4 Å². The fourth-order valence-electron chi connectivity index (χ4n) is 5.23. The first-order chi connectivity index (χ1) is 25.7. The number of hydrogen-bond acceptors (Lipinski definition) is 16. The van der Waals surface area contributed by atoms with Crippen LogP contribution in [0.1, 0.15) is 84.7 Å². The Morgan fingerprint density at radius 3 is 2.43 bits per heavy atom. The number of aliphatic hydroxyl groups is 1. The van der Waals surface area contributed by atoms with Crippen LogP contribution in [0.5, 0.6) is 0 Å². The van der Waals surface area contributed by atoms with E-state index in [1.165, 1.54) is 20.8 Å². The first-order valence-electron chi connectivity index (χ1n) is 16.9. The van der Waals surface area contributed by atoms with Crippen LogP contribution in [0.2, 0.25) is 0 Å². The number of hydrogen-bond donors (Lipinski definition) is 3. The van der Waals surface area contributed by atoms with Gasteiger partial charge in [-0.25, -0.2) is 25.2 Å². The van der Waals surface area contributed by atoms with Gasteiger partial charge in [0.1, 0.15) is 17.1 Å². The molecule has 0 aliphatic heterocycles. The molecule has 0 amide bonds. The number of nitrogens with zero attached hydrogens (tertiary/aromatic N) is 5. The lowest BCUT2D eigenvalue weighted by molar-refractivity contribution is -0.757. The van der Waals surface area contributed by atoms with Crippen molar-refractivity contribution in [1.82, 2.24) is 14.7 Å². The highest BCUT2D eigenvalue weighted by molar-refractivity contribution is 6.03. The standard InChI is InChI=1S/C35H43N7O12/c1-5-10-28-38-30(35(3,4)46)29(32(43)50-20-27-22(2)53-34(45)54-27)40(28)19-23-13-15-24(16-14-23)25-11-6-7-12-26(25)31(36)39-41(37)21-51-33(44)49-17-8-9-18-52-42(47)48/h6-7,11-16,46H,5,8-10,17-21,37H2,1-4H3,(H2,36,39). The van der Waals surface area contributed by atoms with Crippen LogP contribution < -0.4 is 17.4 Å². The Bertz CT molecular complexity index is 1990. The zero-order valence-electron chi connectivity index (χ0n) is 30.3. The van der Waals surface area contributed by atoms with E-state index in [1.54, 1.807) is 16.7 Å². The van der Waals surface area contributed by atoms with Gasteiger partial charge in [-0.15, -0.1) is 15.2 Å². The number of hydrazone groups is 1. The molecule has 0 aliphatic rings. The van der Waals surface area contributed by atoms with E-state index in [0.717, 1.165) is 28.2 Å². The van der Waals surface area contributed by atoms with Crippen molar-refractivity contribution in [2.24, 2.45) is 16.7 Å². The smallest absolute Gasteiger partial charge is 0.453 e. The Balaban J connectivity index is 1.48. The highest BCUT2D eigenvalue weighted by Crippen LogP contribution is 2.29. The number of esters is 1. The first-order valence-corrected chi connectivity index (χ1v) is 16.9. The lowest BCUT2D eigenvalue weighted by Gasteiger charge is -2.18. The predicted molar refractivity (Wildman–Crippen MR) is 190 cm³/mol. The van der Waals surface area contributed by atoms with Crippen molar-refractivity contribution < 1.29 is 47.7 Å². The van der Waals surface area contributed by atoms with E-state index in [9.17, 15) is 29.6 Å². The van der Waals surface area contributed by atoms with Gasteiger partial charge in [-0.05, 0) is 56.7 Å². The monoisotopic (exact) mass is 753 g/mol. The van der Waals surface area contributed by atoms with Crippen LogP contribution in [0, 0.1) is 17.0 Å². The third-order valence-corrected chi connectivity index (χ3v) is 7.78. The molecule has 0 aliphatic carbocycles. The lowest BCUT2D eigenvalue weighted by atomic mass is 9.98. The zero-order chi connectivity index (χ0) is 39.4. The number of carbonyl (C=O) groups is 2. The van der Waals surface area contributed by atoms with Crippen LogP contribution in [-0.2, 0) is 44.2 Å². The number of amidine groups is 1. The van der Waals surface area contributed by atoms with E-state index < -0.39 is 35.4 Å². The molecule has 2 aromatic heterocycles. The van der Waals surface area contributed by atoms with E-state index in [-0.39, 0.29) is 55.1 Å². The largest absolute Gasteiger partial charge is 0.519 e. The Morgan fingerprint density at radius 2 is 1.78 bits per heavy atom. The first kappa shape index (κ1) is 40.6. The summed E-state index contributed by atoms with van der Waals surface area (Å²) < 4.78 is 26.9. The fourth-order valence-corrected chi connectivity index (χ4v) is 5.23. The quantitative estimate of drug-likeness (QED) is 0.0179. The van der Waals surface area contributed by atoms with Crippen molar-refractivity contribution in [2.45, 2.75) is 72.1 Å². The van der Waals surface area contributed by atoms with Crippen LogP contribution in [0.3, 0.4) is 0 Å². The molecule has 5 N–H and O–H groups in total. The van der Waals surface area contributed by atoms with E-state index in [4.69, 9.17) is 34.6 Å². The minimum Gasteiger partial charge on any atom is -0.453 e. The molecule has 0 unspecified atom stereocenters. The molecule has 0 fully saturated rings. The molecule has 19 heteroatoms. The summed E-state index contributed by atoms with van der Waals surface area (Å²) >= 11 is 0. The molecule has 19 nitrogen and oxygen atoms in total. The third-order valence-electron chi connectivity index (χ3n) is 7.78. The second-order valence-electron chi connectivity index (χ2n) is 12.4. The molecule has 0 saturated heterocycles. The van der Waals surface area contributed by atoms with Gasteiger partial charge < -0.3 is 43.3 Å². The van der Waals surface area contributed by atoms with Gasteiger partial charge in [-0.1, -0.05) is 55.5 Å². The molecule has 0 saturated carbocycles. The Labute approximate surface area is 309 Å². The molecule has 0 spiro atoms. The molecule has 0 radical (unpaired) electrons. The summed E-state index contributed by atoms with van der Waals surface area (Å²) in [4.78, 5) is 55.9. The highest BCUT2D eigenvalue weighted by atomic mass is 16.9. The number of carbonyl (C=O) groups excluding carboxylic acids is 2. The van der Waals surface area contributed by atoms with Crippen LogP contribution in [-0.4, -0.2) is 62.8 Å². The third kappa shape index (κ3) is 11.1. The lowest BCUT2D eigenvalue weighted by Crippen LogP contribution is -2.33. The Morgan fingerprint density at radius 1 is 1.07 bits per heavy atom. The Kier molecular flexibility index (Phi) is 13.9. The molecular weight excluding hydrogens is 710 g/mol. The van der Waals surface area contributed by atoms with Gasteiger partial charge in [0.2, 0.25) is 0 Å². The second-order valence-corrected chi connectivity index (χ2v) is 12.4. The summed E-state index contributed by atoms with van der Waals surface area (Å²) in [5.41, 5.74) is 7.91. The molecule has 290 valence electrons. The van der Waals surface area contributed by atoms with Crippen molar-refractivity contribution >= 4 is 18.0 Å². The van der Waals surface area contributed by atoms with Gasteiger partial charge in [0, 0.05) is 18.5 Å². The number of hydrazine groups is 1. The minimum atomic E-state index is -1.48. The van der Waals surface area contributed by atoms with Crippen LogP contribution >= 0.6 is 0 Å². The molecule has 0 atom stereocenters. The maximum atomic E-state index is 13.6. The van der Waals surface area contributed by atoms with Crippen molar-refractivity contribution in [2.75, 3.05) is 19.9 Å². The van der Waals surface area contributed by atoms with E-state index in [1.807, 2.05) is 43.3 Å². The summed E-state index contributed by atoms with van der Waals surface area (Å²) in [6.45, 7) is 5.79. The molecule has 4 rings (SSSR count). The summed E-state index contributed by atoms with van der Waals surface area (Å²) in [6.07, 6.45) is 0.868. The topological polar surface area (TPSA) is 263 Å². The summed E-state index contributed by atoms with van der Waals surface area (Å²) in [7, 11) is 0. The molecular formula is C35H43N7O12. The highest BCUT2D eigenvalue weighted by Gasteiger charge is 2.33. The zero-order valence-corrected chi connectivity index (χ0v) is 30.3. The normalized spacial score (nSPS) is 11.6. The number of unbranched alkanes of at least 4 members (excludes halogenated alkanes) is 1. The number of rotatable bonds is 19. The average Bonchev–Trinajstić information content (AvgIpc) is 3.65. The van der Waals surface area contributed by atoms with Gasteiger partial charge in [0.25, 0.3) is 5.09 Å². The van der Waals surface area contributed by atoms with Gasteiger partial charge in [-0.2, -0.15) is 5.12 Å². The predicted octanol–water partition coefficient (Wildman–Crippen LogP) is 3.89. The van der Waals surface area contributed by atoms with Crippen molar-refractivity contribution in [3.05, 3.63) is 109 Å². The van der Waals surface area contributed by atoms with Crippen molar-refractivity contribution in [3.63, 3.8) is 0 Å². The summed E-state index contributed by atoms with van der Waals surface area (Å²) in [6, 6.07) is 14.7. The number of ether oxygens (including phenoxy) is 3. The van der Waals surface area contributed by atoms with Crippen molar-refractivity contribution in [1.29, 1.82) is 0 Å². The molecule has 2 heterocycles. The maximum absolute atomic E-state index is 13.6. The van der Waals surface area contributed by atoms with Crippen LogP contribution in [0.25, 0.3) is 11.1 Å². The number of benzene rings is 2. The van der Waals surface area contributed by atoms with Crippen molar-refractivity contribution in [3.8, 4) is 11.1 Å². The molecule has 0 bridgehead atoms. The van der Waals surface area contributed by atoms with Crippen LogP contribution in [0.15, 0.2) is 67.3 Å². The maximum Gasteiger partial charge on any atom is 0.519 e. The van der Waals surface area contributed by atoms with E-state index >= 15 is 0 Å². The Hall–Kier alpha value is -6.21. The average molecular weight is 754 g/mol. The fraction of sp³-hybridized carbons (Fsp3) is 0.400. The number of nitrogens with two attached hydrogens (primary N) is 2. The van der Waals surface area contributed by atoms with Crippen LogP contribution in [0.4, 0.5) is 4.79 Å². The molecule has 2 aromatic carbocycles.